The molecule has 1 aromatic heterocycles. The van der Waals surface area contributed by atoms with E-state index in [-0.39, 0.29) is 23.3 Å². The largest absolute Gasteiger partial charge is 0.464 e. The van der Waals surface area contributed by atoms with Crippen molar-refractivity contribution in [3.63, 3.8) is 0 Å². The first kappa shape index (κ1) is 20.2. The van der Waals surface area contributed by atoms with Gasteiger partial charge in [-0.2, -0.15) is 10.2 Å². The summed E-state index contributed by atoms with van der Waals surface area (Å²) in [6.45, 7) is 9.49. The van der Waals surface area contributed by atoms with E-state index in [1.54, 1.807) is 26.8 Å². The molecule has 0 bridgehead atoms. The SMILES string of the molecule is COC(=O)c1cc(N(CC(C)C)NC(=O)OC(C)(C)C)nc(C#N)n1. The average Bonchev–Trinajstić information content (AvgIpc) is 2.50. The van der Waals surface area contributed by atoms with E-state index in [1.165, 1.54) is 18.2 Å². The van der Waals surface area contributed by atoms with Crippen molar-refractivity contribution in [2.24, 2.45) is 5.92 Å². The molecule has 0 radical (unpaired) electrons. The molecule has 0 unspecified atom stereocenters. The zero-order valence-electron chi connectivity index (χ0n) is 15.3. The number of nitriles is 1. The summed E-state index contributed by atoms with van der Waals surface area (Å²) in [6, 6.07) is 3.13. The zero-order valence-corrected chi connectivity index (χ0v) is 15.3. The van der Waals surface area contributed by atoms with Gasteiger partial charge in [-0.15, -0.1) is 0 Å². The molecule has 1 aromatic rings. The lowest BCUT2D eigenvalue weighted by Crippen LogP contribution is -2.47. The highest BCUT2D eigenvalue weighted by atomic mass is 16.6. The highest BCUT2D eigenvalue weighted by Crippen LogP contribution is 2.15. The van der Waals surface area contributed by atoms with Crippen LogP contribution in [-0.4, -0.2) is 41.3 Å². The Hall–Kier alpha value is -2.89. The Balaban J connectivity index is 3.20. The number of esters is 1. The van der Waals surface area contributed by atoms with Gasteiger partial charge in [-0.1, -0.05) is 13.8 Å². The van der Waals surface area contributed by atoms with Crippen LogP contribution in [-0.2, 0) is 9.47 Å². The molecular weight excluding hydrogens is 326 g/mol. The first-order valence-electron chi connectivity index (χ1n) is 7.70. The van der Waals surface area contributed by atoms with E-state index in [1.807, 2.05) is 13.8 Å². The third-order valence-corrected chi connectivity index (χ3v) is 2.66. The van der Waals surface area contributed by atoms with E-state index < -0.39 is 17.7 Å². The highest BCUT2D eigenvalue weighted by molar-refractivity contribution is 5.88. The quantitative estimate of drug-likeness (QED) is 0.634. The minimum atomic E-state index is -0.707. The maximum atomic E-state index is 12.1. The minimum Gasteiger partial charge on any atom is -0.464 e. The summed E-state index contributed by atoms with van der Waals surface area (Å²) >= 11 is 0. The summed E-state index contributed by atoms with van der Waals surface area (Å²) in [5.74, 6) is -0.580. The van der Waals surface area contributed by atoms with Crippen molar-refractivity contribution < 1.29 is 19.1 Å². The Morgan fingerprint density at radius 1 is 1.36 bits per heavy atom. The van der Waals surface area contributed by atoms with Gasteiger partial charge in [0.2, 0.25) is 5.82 Å². The standard InChI is InChI=1S/C16H23N5O4/c1-10(2)9-21(20-15(23)25-16(3,4)5)13-7-11(14(22)24-6)18-12(8-17)19-13/h7,10H,9H2,1-6H3,(H,20,23). The van der Waals surface area contributed by atoms with Crippen LogP contribution in [0.1, 0.15) is 50.9 Å². The number of nitrogens with one attached hydrogen (secondary N) is 1. The lowest BCUT2D eigenvalue weighted by atomic mass is 10.2. The van der Waals surface area contributed by atoms with Crippen LogP contribution < -0.4 is 10.4 Å². The van der Waals surface area contributed by atoms with Gasteiger partial charge in [-0.05, 0) is 26.7 Å². The van der Waals surface area contributed by atoms with Crippen molar-refractivity contribution in [1.82, 2.24) is 15.4 Å². The van der Waals surface area contributed by atoms with Crippen LogP contribution in [0.3, 0.4) is 0 Å². The molecule has 0 aliphatic heterocycles. The van der Waals surface area contributed by atoms with E-state index >= 15 is 0 Å². The molecule has 0 aliphatic carbocycles. The summed E-state index contributed by atoms with van der Waals surface area (Å²) in [5.41, 5.74) is 1.82. The Kier molecular flexibility index (Phi) is 6.68. The number of hydrogen-bond acceptors (Lipinski definition) is 8. The monoisotopic (exact) mass is 349 g/mol. The topological polar surface area (TPSA) is 117 Å². The van der Waals surface area contributed by atoms with Gasteiger partial charge < -0.3 is 9.47 Å². The normalized spacial score (nSPS) is 10.8. The highest BCUT2D eigenvalue weighted by Gasteiger charge is 2.22. The van der Waals surface area contributed by atoms with Crippen LogP contribution in [0.25, 0.3) is 0 Å². The van der Waals surface area contributed by atoms with E-state index in [2.05, 4.69) is 20.1 Å². The third kappa shape index (κ3) is 6.63. The number of hydrogen-bond donors (Lipinski definition) is 1. The van der Waals surface area contributed by atoms with Crippen molar-refractivity contribution in [3.05, 3.63) is 17.6 Å². The van der Waals surface area contributed by atoms with Crippen LogP contribution in [0.2, 0.25) is 0 Å². The number of carbonyl (C=O) groups excluding carboxylic acids is 2. The van der Waals surface area contributed by atoms with E-state index in [9.17, 15) is 9.59 Å². The predicted molar refractivity (Wildman–Crippen MR) is 89.6 cm³/mol. The lowest BCUT2D eigenvalue weighted by molar-refractivity contribution is 0.0518. The van der Waals surface area contributed by atoms with Gasteiger partial charge in [0, 0.05) is 12.6 Å². The van der Waals surface area contributed by atoms with Crippen molar-refractivity contribution in [2.75, 3.05) is 18.7 Å². The number of ether oxygens (including phenoxy) is 2. The maximum absolute atomic E-state index is 12.1. The second kappa shape index (κ2) is 8.28. The van der Waals surface area contributed by atoms with E-state index in [0.29, 0.717) is 6.54 Å². The molecular formula is C16H23N5O4. The molecule has 0 fully saturated rings. The van der Waals surface area contributed by atoms with Gasteiger partial charge in [-0.25, -0.2) is 20.0 Å². The molecule has 1 heterocycles. The number of rotatable bonds is 5. The van der Waals surface area contributed by atoms with Crippen LogP contribution in [0.5, 0.6) is 0 Å². The van der Waals surface area contributed by atoms with Gasteiger partial charge in [-0.3, -0.25) is 5.01 Å². The van der Waals surface area contributed by atoms with Crippen LogP contribution >= 0.6 is 0 Å². The number of amides is 1. The Labute approximate surface area is 146 Å². The zero-order chi connectivity index (χ0) is 19.2. The second-order valence-corrected chi connectivity index (χ2v) is 6.66. The maximum Gasteiger partial charge on any atom is 0.426 e. The van der Waals surface area contributed by atoms with E-state index in [4.69, 9.17) is 10.00 Å². The summed E-state index contributed by atoms with van der Waals surface area (Å²) in [5, 5.41) is 10.5. The average molecular weight is 349 g/mol. The van der Waals surface area contributed by atoms with Crippen LogP contribution in [0.4, 0.5) is 10.6 Å². The fraction of sp³-hybridized carbons (Fsp3) is 0.562. The minimum absolute atomic E-state index is 0.0798. The van der Waals surface area contributed by atoms with E-state index in [0.717, 1.165) is 0 Å². The van der Waals surface area contributed by atoms with Crippen LogP contribution in [0, 0.1) is 17.2 Å². The fourth-order valence-corrected chi connectivity index (χ4v) is 1.80. The Morgan fingerprint density at radius 2 is 2.00 bits per heavy atom. The Morgan fingerprint density at radius 3 is 2.48 bits per heavy atom. The van der Waals surface area contributed by atoms with Crippen molar-refractivity contribution in [3.8, 4) is 6.07 Å². The van der Waals surface area contributed by atoms with Gasteiger partial charge in [0.05, 0.1) is 7.11 Å². The molecule has 9 heteroatoms. The molecule has 136 valence electrons. The predicted octanol–water partition coefficient (Wildman–Crippen LogP) is 2.04. The molecule has 0 saturated carbocycles. The number of nitrogens with zero attached hydrogens (tertiary/aromatic N) is 4. The molecule has 0 atom stereocenters. The number of methoxy groups -OCH3 is 1. The number of hydrazine groups is 1. The molecule has 0 aliphatic rings. The third-order valence-electron chi connectivity index (χ3n) is 2.66. The van der Waals surface area contributed by atoms with Gasteiger partial charge >= 0.3 is 12.1 Å². The second-order valence-electron chi connectivity index (χ2n) is 6.66. The van der Waals surface area contributed by atoms with Gasteiger partial charge in [0.15, 0.2) is 11.5 Å². The smallest absolute Gasteiger partial charge is 0.426 e. The molecule has 1 amide bonds. The van der Waals surface area contributed by atoms with Gasteiger partial charge in [0.1, 0.15) is 11.7 Å². The number of carbonyl (C=O) groups is 2. The summed E-state index contributed by atoms with van der Waals surface area (Å²) in [6.07, 6.45) is -0.676. The molecule has 1 N–H and O–H groups in total. The summed E-state index contributed by atoms with van der Waals surface area (Å²) in [4.78, 5) is 31.7. The van der Waals surface area contributed by atoms with Crippen LogP contribution in [0.15, 0.2) is 6.07 Å². The fourth-order valence-electron chi connectivity index (χ4n) is 1.80. The summed E-state index contributed by atoms with van der Waals surface area (Å²) in [7, 11) is 1.21. The first-order valence-corrected chi connectivity index (χ1v) is 7.70. The molecule has 1 rings (SSSR count). The van der Waals surface area contributed by atoms with Crippen molar-refractivity contribution in [2.45, 2.75) is 40.2 Å². The van der Waals surface area contributed by atoms with Crippen molar-refractivity contribution >= 4 is 17.9 Å². The molecule has 0 saturated heterocycles. The summed E-state index contributed by atoms with van der Waals surface area (Å²) < 4.78 is 9.86. The number of anilines is 1. The number of aromatic nitrogens is 2. The lowest BCUT2D eigenvalue weighted by Gasteiger charge is -2.28. The molecule has 0 aromatic carbocycles. The van der Waals surface area contributed by atoms with Gasteiger partial charge in [0.25, 0.3) is 0 Å². The molecule has 25 heavy (non-hydrogen) atoms. The first-order chi connectivity index (χ1) is 11.6. The Bertz CT molecular complexity index is 676. The molecule has 9 nitrogen and oxygen atoms in total. The van der Waals surface area contributed by atoms with Crippen molar-refractivity contribution in [1.29, 1.82) is 5.26 Å². The molecule has 0 spiro atoms.